The third-order valence-electron chi connectivity index (χ3n) is 5.87. The number of carbonyl (C=O) groups is 2. The van der Waals surface area contributed by atoms with Gasteiger partial charge in [-0.15, -0.1) is 11.3 Å². The molecule has 0 saturated heterocycles. The van der Waals surface area contributed by atoms with Gasteiger partial charge in [-0.3, -0.25) is 9.59 Å². The molecule has 2 unspecified atom stereocenters. The van der Waals surface area contributed by atoms with Gasteiger partial charge in [-0.05, 0) is 53.3 Å². The van der Waals surface area contributed by atoms with Gasteiger partial charge in [0, 0.05) is 17.8 Å². The number of hydrogen-bond donors (Lipinski definition) is 1. The molecule has 0 spiro atoms. The number of anilines is 1. The lowest BCUT2D eigenvalue weighted by atomic mass is 9.83. The number of rotatable bonds is 9. The summed E-state index contributed by atoms with van der Waals surface area (Å²) in [6, 6.07) is 15.3. The average Bonchev–Trinajstić information content (AvgIpc) is 3.42. The van der Waals surface area contributed by atoms with Crippen LogP contribution < -0.4 is 14.8 Å². The lowest BCUT2D eigenvalue weighted by Crippen LogP contribution is -2.39. The predicted molar refractivity (Wildman–Crippen MR) is 134 cm³/mol. The fourth-order valence-corrected chi connectivity index (χ4v) is 4.66. The number of benzene rings is 2. The summed E-state index contributed by atoms with van der Waals surface area (Å²) in [6.07, 6.45) is 2.42. The molecule has 1 aliphatic heterocycles. The normalized spacial score (nSPS) is 17.4. The summed E-state index contributed by atoms with van der Waals surface area (Å²) < 4.78 is 35.1. The minimum atomic E-state index is -2.98. The molecular weight excluding hydrogens is 488 g/mol. The van der Waals surface area contributed by atoms with Gasteiger partial charge in [0.2, 0.25) is 0 Å². The number of thiophene rings is 1. The summed E-state index contributed by atoms with van der Waals surface area (Å²) in [5, 5.41) is 10.5. The van der Waals surface area contributed by atoms with Gasteiger partial charge < -0.3 is 14.8 Å². The van der Waals surface area contributed by atoms with Crippen LogP contribution in [0, 0.1) is 5.92 Å². The number of hydrazone groups is 1. The molecule has 0 saturated carbocycles. The SMILES string of the molecule is CCC1C=NN(Cc2ccc(NC(=O)c3cccs3)cc2)C(=O)C1c1ccc(OC(F)F)c(OC)c1. The highest BCUT2D eigenvalue weighted by Gasteiger charge is 2.35. The second kappa shape index (κ2) is 11.3. The summed E-state index contributed by atoms with van der Waals surface area (Å²) in [5.41, 5.74) is 2.11. The van der Waals surface area contributed by atoms with Crippen LogP contribution >= 0.6 is 11.3 Å². The topological polar surface area (TPSA) is 80.2 Å². The van der Waals surface area contributed by atoms with Crippen LogP contribution in [0.2, 0.25) is 0 Å². The number of methoxy groups -OCH3 is 1. The summed E-state index contributed by atoms with van der Waals surface area (Å²) in [5.74, 6) is -1.05. The zero-order valence-electron chi connectivity index (χ0n) is 19.7. The lowest BCUT2D eigenvalue weighted by Gasteiger charge is -2.32. The second-order valence-corrected chi connectivity index (χ2v) is 9.08. The van der Waals surface area contributed by atoms with Crippen molar-refractivity contribution in [3.63, 3.8) is 0 Å². The van der Waals surface area contributed by atoms with Gasteiger partial charge in [-0.2, -0.15) is 13.9 Å². The number of hydrogen-bond acceptors (Lipinski definition) is 6. The van der Waals surface area contributed by atoms with Gasteiger partial charge in [0.1, 0.15) is 0 Å². The van der Waals surface area contributed by atoms with Gasteiger partial charge in [0.15, 0.2) is 11.5 Å². The Morgan fingerprint density at radius 1 is 1.17 bits per heavy atom. The van der Waals surface area contributed by atoms with Crippen LogP contribution in [0.25, 0.3) is 0 Å². The van der Waals surface area contributed by atoms with Crippen LogP contribution in [-0.4, -0.2) is 36.8 Å². The Morgan fingerprint density at radius 3 is 2.58 bits per heavy atom. The van der Waals surface area contributed by atoms with E-state index in [0.717, 1.165) is 5.56 Å². The molecule has 1 aromatic heterocycles. The molecule has 0 radical (unpaired) electrons. The van der Waals surface area contributed by atoms with E-state index in [0.29, 0.717) is 22.5 Å². The second-order valence-electron chi connectivity index (χ2n) is 8.13. The van der Waals surface area contributed by atoms with E-state index in [4.69, 9.17) is 4.74 Å². The van der Waals surface area contributed by atoms with E-state index in [-0.39, 0.29) is 35.8 Å². The van der Waals surface area contributed by atoms with E-state index in [9.17, 15) is 18.4 Å². The van der Waals surface area contributed by atoms with Crippen molar-refractivity contribution in [3.05, 3.63) is 76.0 Å². The molecule has 0 bridgehead atoms. The summed E-state index contributed by atoms with van der Waals surface area (Å²) in [7, 11) is 1.36. The molecule has 36 heavy (non-hydrogen) atoms. The number of amides is 2. The van der Waals surface area contributed by atoms with E-state index in [1.165, 1.54) is 29.5 Å². The standard InChI is InChI=1S/C26H25F2N3O4S/c1-3-17-14-29-31(15-16-6-9-19(10-7-16)30-24(32)22-5-4-12-36-22)25(33)23(17)18-8-11-20(35-26(27)28)21(13-18)34-2/h4-14,17,23,26H,3,15H2,1-2H3,(H,30,32). The van der Waals surface area contributed by atoms with Gasteiger partial charge in [-0.25, -0.2) is 5.01 Å². The Labute approximate surface area is 211 Å². The number of alkyl halides is 2. The van der Waals surface area contributed by atoms with Crippen LogP contribution in [0.3, 0.4) is 0 Å². The smallest absolute Gasteiger partial charge is 0.387 e. The first kappa shape index (κ1) is 25.3. The monoisotopic (exact) mass is 513 g/mol. The van der Waals surface area contributed by atoms with E-state index < -0.39 is 12.5 Å². The van der Waals surface area contributed by atoms with Crippen LogP contribution in [0.4, 0.5) is 14.5 Å². The van der Waals surface area contributed by atoms with E-state index in [1.54, 1.807) is 36.5 Å². The zero-order chi connectivity index (χ0) is 25.7. The minimum absolute atomic E-state index is 0.0932. The number of nitrogens with zero attached hydrogens (tertiary/aromatic N) is 2. The molecule has 2 heterocycles. The molecule has 3 aromatic rings. The molecule has 0 aliphatic carbocycles. The van der Waals surface area contributed by atoms with Crippen molar-refractivity contribution in [2.45, 2.75) is 32.4 Å². The molecule has 2 aromatic carbocycles. The summed E-state index contributed by atoms with van der Waals surface area (Å²) >= 11 is 1.36. The number of nitrogens with one attached hydrogen (secondary N) is 1. The maximum Gasteiger partial charge on any atom is 0.387 e. The number of carbonyl (C=O) groups excluding carboxylic acids is 2. The van der Waals surface area contributed by atoms with Crippen molar-refractivity contribution in [3.8, 4) is 11.5 Å². The molecular formula is C26H25F2N3O4S. The summed E-state index contributed by atoms with van der Waals surface area (Å²) in [6.45, 7) is -0.783. The maximum atomic E-state index is 13.5. The minimum Gasteiger partial charge on any atom is -0.493 e. The lowest BCUT2D eigenvalue weighted by molar-refractivity contribution is -0.135. The molecule has 1 N–H and O–H groups in total. The van der Waals surface area contributed by atoms with Crippen molar-refractivity contribution in [1.29, 1.82) is 0 Å². The highest BCUT2D eigenvalue weighted by Crippen LogP contribution is 2.37. The zero-order valence-corrected chi connectivity index (χ0v) is 20.5. The first-order valence-corrected chi connectivity index (χ1v) is 12.2. The fraction of sp³-hybridized carbons (Fsp3) is 0.269. The Kier molecular flexibility index (Phi) is 7.94. The Balaban J connectivity index is 1.49. The molecule has 2 amide bonds. The van der Waals surface area contributed by atoms with Crippen molar-refractivity contribution < 1.29 is 27.8 Å². The van der Waals surface area contributed by atoms with Crippen molar-refractivity contribution in [2.24, 2.45) is 11.0 Å². The van der Waals surface area contributed by atoms with Crippen molar-refractivity contribution in [1.82, 2.24) is 5.01 Å². The molecule has 2 atom stereocenters. The molecule has 1 aliphatic rings. The quantitative estimate of drug-likeness (QED) is 0.395. The van der Waals surface area contributed by atoms with E-state index in [1.807, 2.05) is 30.5 Å². The van der Waals surface area contributed by atoms with Gasteiger partial charge in [0.25, 0.3) is 11.8 Å². The molecule has 188 valence electrons. The first-order chi connectivity index (χ1) is 17.4. The van der Waals surface area contributed by atoms with Crippen LogP contribution in [0.5, 0.6) is 11.5 Å². The maximum absolute atomic E-state index is 13.5. The Hall–Kier alpha value is -3.79. The van der Waals surface area contributed by atoms with E-state index >= 15 is 0 Å². The predicted octanol–water partition coefficient (Wildman–Crippen LogP) is 5.75. The van der Waals surface area contributed by atoms with Gasteiger partial charge >= 0.3 is 6.61 Å². The number of halogens is 2. The van der Waals surface area contributed by atoms with Crippen molar-refractivity contribution in [2.75, 3.05) is 12.4 Å². The largest absolute Gasteiger partial charge is 0.493 e. The highest BCUT2D eigenvalue weighted by atomic mass is 32.1. The Bertz CT molecular complexity index is 1230. The Morgan fingerprint density at radius 2 is 1.94 bits per heavy atom. The van der Waals surface area contributed by atoms with Crippen LogP contribution in [0.15, 0.2) is 65.1 Å². The van der Waals surface area contributed by atoms with Gasteiger partial charge in [0.05, 0.1) is 24.4 Å². The number of ether oxygens (including phenoxy) is 2. The van der Waals surface area contributed by atoms with Gasteiger partial charge in [-0.1, -0.05) is 31.2 Å². The van der Waals surface area contributed by atoms with Crippen molar-refractivity contribution >= 4 is 35.1 Å². The fourth-order valence-electron chi connectivity index (χ4n) is 4.04. The first-order valence-electron chi connectivity index (χ1n) is 11.3. The highest BCUT2D eigenvalue weighted by molar-refractivity contribution is 7.12. The van der Waals surface area contributed by atoms with Crippen LogP contribution in [0.1, 0.15) is 40.1 Å². The molecule has 10 heteroatoms. The average molecular weight is 514 g/mol. The van der Waals surface area contributed by atoms with E-state index in [2.05, 4.69) is 15.2 Å². The molecule has 7 nitrogen and oxygen atoms in total. The molecule has 0 fully saturated rings. The third kappa shape index (κ3) is 5.71. The van der Waals surface area contributed by atoms with Crippen LogP contribution in [-0.2, 0) is 11.3 Å². The summed E-state index contributed by atoms with van der Waals surface area (Å²) in [4.78, 5) is 26.3. The molecule has 4 rings (SSSR count). The third-order valence-corrected chi connectivity index (χ3v) is 6.74.